The minimum absolute atomic E-state index is 0.106. The van der Waals surface area contributed by atoms with Crippen LogP contribution in [0.4, 0.5) is 8.78 Å². The average molecular weight is 248 g/mol. The van der Waals surface area contributed by atoms with Crippen LogP contribution in [0.25, 0.3) is 0 Å². The molecular weight excluding hydrogens is 242 g/mol. The predicted molar refractivity (Wildman–Crippen MR) is 48.7 cm³/mol. The minimum atomic E-state index is -2.81. The lowest BCUT2D eigenvalue weighted by Crippen LogP contribution is -2.02. The molecule has 0 unspecified atom stereocenters. The summed E-state index contributed by atoms with van der Waals surface area (Å²) in [7, 11) is 0. The van der Waals surface area contributed by atoms with E-state index in [0.29, 0.717) is 10.0 Å². The maximum atomic E-state index is 11.8. The monoisotopic (exact) mass is 247 g/mol. The molecular formula is C9H6BrF2O. The lowest BCUT2D eigenvalue weighted by atomic mass is 10.2. The number of benzene rings is 1. The van der Waals surface area contributed by atoms with Gasteiger partial charge < -0.3 is 4.74 Å². The zero-order valence-electron chi connectivity index (χ0n) is 6.56. The number of rotatable bonds is 3. The fourth-order valence-corrected chi connectivity index (χ4v) is 1.27. The third kappa shape index (κ3) is 2.81. The van der Waals surface area contributed by atoms with Crippen LogP contribution >= 0.6 is 15.9 Å². The van der Waals surface area contributed by atoms with Crippen LogP contribution in [0.3, 0.4) is 0 Å². The van der Waals surface area contributed by atoms with E-state index in [9.17, 15) is 8.78 Å². The second-order valence-corrected chi connectivity index (χ2v) is 3.05. The van der Waals surface area contributed by atoms with E-state index in [-0.39, 0.29) is 5.75 Å². The van der Waals surface area contributed by atoms with Crippen molar-refractivity contribution in [2.45, 2.75) is 6.61 Å². The molecule has 1 aromatic carbocycles. The predicted octanol–water partition coefficient (Wildman–Crippen LogP) is 3.39. The van der Waals surface area contributed by atoms with Crippen molar-refractivity contribution in [2.75, 3.05) is 0 Å². The molecule has 0 aliphatic rings. The lowest BCUT2D eigenvalue weighted by molar-refractivity contribution is -0.0503. The highest BCUT2D eigenvalue weighted by Gasteiger charge is 2.07. The quantitative estimate of drug-likeness (QED) is 0.796. The number of ether oxygens (including phenoxy) is 1. The van der Waals surface area contributed by atoms with Crippen molar-refractivity contribution in [2.24, 2.45) is 0 Å². The molecule has 0 amide bonds. The molecule has 0 spiro atoms. The van der Waals surface area contributed by atoms with E-state index in [4.69, 9.17) is 0 Å². The molecule has 1 nitrogen and oxygen atoms in total. The van der Waals surface area contributed by atoms with Gasteiger partial charge in [0.1, 0.15) is 5.75 Å². The molecule has 0 fully saturated rings. The van der Waals surface area contributed by atoms with Crippen molar-refractivity contribution in [3.05, 3.63) is 40.9 Å². The fourth-order valence-electron chi connectivity index (χ4n) is 0.802. The summed E-state index contributed by atoms with van der Waals surface area (Å²) in [5, 5.41) is 0. The first-order valence-corrected chi connectivity index (χ1v) is 4.20. The summed E-state index contributed by atoms with van der Waals surface area (Å²) >= 11 is 3.09. The second kappa shape index (κ2) is 4.37. The normalized spacial score (nSPS) is 10.2. The van der Waals surface area contributed by atoms with Crippen LogP contribution < -0.4 is 4.74 Å². The molecule has 69 valence electrons. The topological polar surface area (TPSA) is 9.23 Å². The van der Waals surface area contributed by atoms with E-state index >= 15 is 0 Å². The van der Waals surface area contributed by atoms with Gasteiger partial charge in [0.25, 0.3) is 0 Å². The van der Waals surface area contributed by atoms with Crippen molar-refractivity contribution in [3.8, 4) is 5.75 Å². The highest BCUT2D eigenvalue weighted by Crippen LogP contribution is 2.27. The second-order valence-electron chi connectivity index (χ2n) is 2.20. The summed E-state index contributed by atoms with van der Waals surface area (Å²) in [6.45, 7) is 0.618. The number of halogens is 3. The van der Waals surface area contributed by atoms with E-state index in [0.717, 1.165) is 0 Å². The van der Waals surface area contributed by atoms with E-state index in [1.165, 1.54) is 6.07 Å². The van der Waals surface area contributed by atoms with E-state index in [1.807, 2.05) is 0 Å². The summed E-state index contributed by atoms with van der Waals surface area (Å²) in [5.74, 6) is 0.106. The van der Waals surface area contributed by atoms with Crippen LogP contribution in [0, 0.1) is 6.08 Å². The molecule has 1 radical (unpaired) electrons. The first-order chi connectivity index (χ1) is 6.13. The Kier molecular flexibility index (Phi) is 3.42. The van der Waals surface area contributed by atoms with E-state index in [2.05, 4.69) is 33.3 Å². The smallest absolute Gasteiger partial charge is 0.387 e. The Morgan fingerprint density at radius 1 is 1.46 bits per heavy atom. The molecule has 1 aromatic rings. The molecule has 0 aliphatic heterocycles. The van der Waals surface area contributed by atoms with Crippen LogP contribution in [-0.4, -0.2) is 6.61 Å². The summed E-state index contributed by atoms with van der Waals surface area (Å²) in [5.41, 5.74) is 0.716. The zero-order valence-corrected chi connectivity index (χ0v) is 8.14. The minimum Gasteiger partial charge on any atom is -0.434 e. The van der Waals surface area contributed by atoms with Crippen molar-refractivity contribution >= 4 is 15.9 Å². The molecule has 0 N–H and O–H groups in total. The van der Waals surface area contributed by atoms with Gasteiger partial charge in [0.15, 0.2) is 0 Å². The van der Waals surface area contributed by atoms with Gasteiger partial charge in [0.2, 0.25) is 0 Å². The maximum Gasteiger partial charge on any atom is 0.387 e. The van der Waals surface area contributed by atoms with Crippen LogP contribution in [0.5, 0.6) is 5.75 Å². The summed E-state index contributed by atoms with van der Waals surface area (Å²) in [6.07, 6.45) is 2.63. The summed E-state index contributed by atoms with van der Waals surface area (Å²) in [6, 6.07) is 4.63. The SMILES string of the molecule is C=[C]c1ccc(OC(F)F)c(Br)c1. The largest absolute Gasteiger partial charge is 0.434 e. The Balaban J connectivity index is 2.91. The number of alkyl halides is 2. The van der Waals surface area contributed by atoms with Gasteiger partial charge in [-0.05, 0) is 39.7 Å². The lowest BCUT2D eigenvalue weighted by Gasteiger charge is -2.06. The van der Waals surface area contributed by atoms with Crippen molar-refractivity contribution in [1.29, 1.82) is 0 Å². The molecule has 0 heterocycles. The summed E-state index contributed by atoms with van der Waals surface area (Å²) < 4.78 is 28.3. The highest BCUT2D eigenvalue weighted by molar-refractivity contribution is 9.10. The highest BCUT2D eigenvalue weighted by atomic mass is 79.9. The molecule has 0 saturated heterocycles. The Hall–Kier alpha value is -0.900. The van der Waals surface area contributed by atoms with Gasteiger partial charge in [0.05, 0.1) is 4.47 Å². The Morgan fingerprint density at radius 3 is 2.62 bits per heavy atom. The molecule has 0 saturated carbocycles. The average Bonchev–Trinajstić information content (AvgIpc) is 2.08. The molecule has 0 atom stereocenters. The van der Waals surface area contributed by atoms with Crippen molar-refractivity contribution in [3.63, 3.8) is 0 Å². The fraction of sp³-hybridized carbons (Fsp3) is 0.111. The molecule has 0 bridgehead atoms. The van der Waals surface area contributed by atoms with Gasteiger partial charge in [0, 0.05) is 0 Å². The van der Waals surface area contributed by atoms with Gasteiger partial charge in [-0.2, -0.15) is 8.78 Å². The van der Waals surface area contributed by atoms with Gasteiger partial charge >= 0.3 is 6.61 Å². The molecule has 13 heavy (non-hydrogen) atoms. The van der Waals surface area contributed by atoms with Gasteiger partial charge in [-0.15, -0.1) is 0 Å². The van der Waals surface area contributed by atoms with E-state index in [1.54, 1.807) is 12.1 Å². The van der Waals surface area contributed by atoms with Gasteiger partial charge in [-0.1, -0.05) is 12.6 Å². The van der Waals surface area contributed by atoms with Crippen molar-refractivity contribution < 1.29 is 13.5 Å². The standard InChI is InChI=1S/C9H6BrF2O/c1-2-6-3-4-8(7(10)5-6)13-9(11)12/h3-5,9H,1H2. The van der Waals surface area contributed by atoms with E-state index < -0.39 is 6.61 Å². The zero-order chi connectivity index (χ0) is 9.84. The van der Waals surface area contributed by atoms with Crippen LogP contribution in [0.15, 0.2) is 29.3 Å². The van der Waals surface area contributed by atoms with Gasteiger partial charge in [-0.25, -0.2) is 0 Å². The van der Waals surface area contributed by atoms with Crippen LogP contribution in [0.1, 0.15) is 5.56 Å². The molecule has 4 heteroatoms. The number of hydrogen-bond donors (Lipinski definition) is 0. The third-order valence-electron chi connectivity index (χ3n) is 1.35. The first kappa shape index (κ1) is 10.2. The first-order valence-electron chi connectivity index (χ1n) is 3.41. The van der Waals surface area contributed by atoms with Crippen LogP contribution in [-0.2, 0) is 0 Å². The molecule has 0 aromatic heterocycles. The Bertz CT molecular complexity index is 312. The van der Waals surface area contributed by atoms with Crippen LogP contribution in [0.2, 0.25) is 0 Å². The van der Waals surface area contributed by atoms with Gasteiger partial charge in [-0.3, -0.25) is 0 Å². The number of hydrogen-bond acceptors (Lipinski definition) is 1. The molecule has 1 rings (SSSR count). The Labute approximate surface area is 83.1 Å². The molecule has 0 aliphatic carbocycles. The summed E-state index contributed by atoms with van der Waals surface area (Å²) in [4.78, 5) is 0. The maximum absolute atomic E-state index is 11.8. The van der Waals surface area contributed by atoms with Crippen molar-refractivity contribution in [1.82, 2.24) is 0 Å². The Morgan fingerprint density at radius 2 is 2.15 bits per heavy atom. The third-order valence-corrected chi connectivity index (χ3v) is 1.97.